The van der Waals surface area contributed by atoms with E-state index >= 15 is 0 Å². The van der Waals surface area contributed by atoms with Gasteiger partial charge in [0.15, 0.2) is 5.96 Å². The van der Waals surface area contributed by atoms with Crippen molar-refractivity contribution < 1.29 is 9.53 Å². The van der Waals surface area contributed by atoms with Crippen molar-refractivity contribution in [3.8, 4) is 16.9 Å². The molecule has 1 aromatic heterocycles. The van der Waals surface area contributed by atoms with Crippen LogP contribution in [-0.2, 0) is 11.8 Å². The first-order valence-electron chi connectivity index (χ1n) is 10.7. The maximum atomic E-state index is 12.7. The molecule has 1 saturated heterocycles. The SMILES string of the molecule is CN=C(NCCOc1ccccc1-c1ccccc1)N1CCN(c2cnn(C)c2)C(=O)C1.I. The highest BCUT2D eigenvalue weighted by atomic mass is 127. The minimum absolute atomic E-state index is 0. The summed E-state index contributed by atoms with van der Waals surface area (Å²) in [4.78, 5) is 20.7. The summed E-state index contributed by atoms with van der Waals surface area (Å²) in [6.07, 6.45) is 3.57. The molecule has 1 aliphatic rings. The zero-order valence-electron chi connectivity index (χ0n) is 18.8. The molecule has 33 heavy (non-hydrogen) atoms. The second-order valence-corrected chi connectivity index (χ2v) is 7.52. The molecule has 4 rings (SSSR count). The molecule has 0 saturated carbocycles. The quantitative estimate of drug-likeness (QED) is 0.217. The predicted octanol–water partition coefficient (Wildman–Crippen LogP) is 3.01. The fourth-order valence-electron chi connectivity index (χ4n) is 3.78. The number of carbonyl (C=O) groups is 1. The van der Waals surface area contributed by atoms with E-state index in [1.807, 2.05) is 54.5 Å². The molecule has 2 heterocycles. The molecule has 0 bridgehead atoms. The summed E-state index contributed by atoms with van der Waals surface area (Å²) in [5.74, 6) is 1.57. The van der Waals surface area contributed by atoms with Crippen molar-refractivity contribution in [3.05, 3.63) is 67.0 Å². The second-order valence-electron chi connectivity index (χ2n) is 7.52. The van der Waals surface area contributed by atoms with Gasteiger partial charge in [-0.15, -0.1) is 24.0 Å². The lowest BCUT2D eigenvalue weighted by atomic mass is 10.1. The van der Waals surface area contributed by atoms with Gasteiger partial charge in [-0.05, 0) is 11.6 Å². The van der Waals surface area contributed by atoms with Gasteiger partial charge in [0.1, 0.15) is 18.9 Å². The first kappa shape index (κ1) is 24.6. The maximum absolute atomic E-state index is 12.7. The standard InChI is InChI=1S/C24H28N6O2.HI/c1-25-24(29-13-14-30(23(31)18-29)20-16-27-28(2)17-20)26-12-15-32-22-11-7-6-10-21(22)19-8-4-3-5-9-19;/h3-11,16-17H,12-15,18H2,1-2H3,(H,25,26);1H. The monoisotopic (exact) mass is 560 g/mol. The van der Waals surface area contributed by atoms with E-state index in [9.17, 15) is 4.79 Å². The molecule has 1 aliphatic heterocycles. The van der Waals surface area contributed by atoms with Gasteiger partial charge in [0.25, 0.3) is 0 Å². The molecule has 2 aromatic carbocycles. The Bertz CT molecular complexity index is 1090. The van der Waals surface area contributed by atoms with Crippen LogP contribution in [0.25, 0.3) is 11.1 Å². The number of aryl methyl sites for hydroxylation is 1. The molecular weight excluding hydrogens is 531 g/mol. The summed E-state index contributed by atoms with van der Waals surface area (Å²) >= 11 is 0. The second kappa shape index (κ2) is 11.7. The van der Waals surface area contributed by atoms with Crippen molar-refractivity contribution in [2.45, 2.75) is 0 Å². The number of hydrogen-bond donors (Lipinski definition) is 1. The predicted molar refractivity (Wildman–Crippen MR) is 141 cm³/mol. The minimum Gasteiger partial charge on any atom is -0.491 e. The van der Waals surface area contributed by atoms with Crippen LogP contribution in [-0.4, -0.2) is 66.4 Å². The number of para-hydroxylation sites is 1. The van der Waals surface area contributed by atoms with E-state index in [0.717, 1.165) is 22.6 Å². The molecule has 1 fully saturated rings. The Morgan fingerprint density at radius 1 is 1.12 bits per heavy atom. The van der Waals surface area contributed by atoms with Crippen LogP contribution in [0.15, 0.2) is 72.0 Å². The zero-order chi connectivity index (χ0) is 22.3. The van der Waals surface area contributed by atoms with Gasteiger partial charge in [-0.3, -0.25) is 14.5 Å². The van der Waals surface area contributed by atoms with E-state index in [1.54, 1.807) is 22.8 Å². The van der Waals surface area contributed by atoms with Gasteiger partial charge in [-0.25, -0.2) is 0 Å². The Morgan fingerprint density at radius 3 is 2.58 bits per heavy atom. The highest BCUT2D eigenvalue weighted by Crippen LogP contribution is 2.29. The van der Waals surface area contributed by atoms with E-state index in [1.165, 1.54) is 0 Å². The number of nitrogens with zero attached hydrogens (tertiary/aromatic N) is 5. The van der Waals surface area contributed by atoms with E-state index in [-0.39, 0.29) is 36.4 Å². The number of aromatic nitrogens is 2. The first-order chi connectivity index (χ1) is 15.7. The number of nitrogens with one attached hydrogen (secondary N) is 1. The number of anilines is 1. The van der Waals surface area contributed by atoms with Crippen LogP contribution < -0.4 is 15.0 Å². The highest BCUT2D eigenvalue weighted by molar-refractivity contribution is 14.0. The lowest BCUT2D eigenvalue weighted by Crippen LogP contribution is -2.55. The van der Waals surface area contributed by atoms with E-state index in [4.69, 9.17) is 4.74 Å². The normalized spacial score (nSPS) is 14.1. The molecule has 0 unspecified atom stereocenters. The third-order valence-corrected chi connectivity index (χ3v) is 5.35. The van der Waals surface area contributed by atoms with E-state index in [2.05, 4.69) is 33.6 Å². The van der Waals surface area contributed by atoms with Crippen molar-refractivity contribution >= 4 is 41.5 Å². The lowest BCUT2D eigenvalue weighted by molar-refractivity contribution is -0.120. The minimum atomic E-state index is 0. The fourth-order valence-corrected chi connectivity index (χ4v) is 3.78. The van der Waals surface area contributed by atoms with Crippen LogP contribution in [0.3, 0.4) is 0 Å². The molecule has 9 heteroatoms. The van der Waals surface area contributed by atoms with Gasteiger partial charge < -0.3 is 19.9 Å². The third-order valence-electron chi connectivity index (χ3n) is 5.35. The Labute approximate surface area is 211 Å². The molecule has 0 radical (unpaired) electrons. The summed E-state index contributed by atoms with van der Waals surface area (Å²) in [5.41, 5.74) is 3.01. The molecule has 0 spiro atoms. The largest absolute Gasteiger partial charge is 0.491 e. The fraction of sp³-hybridized carbons (Fsp3) is 0.292. The van der Waals surface area contributed by atoms with Crippen molar-refractivity contribution in [3.63, 3.8) is 0 Å². The molecule has 3 aromatic rings. The Hall–Kier alpha value is -3.08. The maximum Gasteiger partial charge on any atom is 0.246 e. The van der Waals surface area contributed by atoms with Crippen molar-refractivity contribution in [1.82, 2.24) is 20.0 Å². The number of amides is 1. The smallest absolute Gasteiger partial charge is 0.246 e. The summed E-state index contributed by atoms with van der Waals surface area (Å²) in [7, 11) is 3.57. The van der Waals surface area contributed by atoms with Crippen LogP contribution >= 0.6 is 24.0 Å². The number of guanidine groups is 1. The topological polar surface area (TPSA) is 75.0 Å². The van der Waals surface area contributed by atoms with Crippen LogP contribution in [0.1, 0.15) is 0 Å². The van der Waals surface area contributed by atoms with Crippen LogP contribution in [0, 0.1) is 0 Å². The Morgan fingerprint density at radius 2 is 1.88 bits per heavy atom. The number of aliphatic imine (C=N–C) groups is 1. The lowest BCUT2D eigenvalue weighted by Gasteiger charge is -2.35. The molecule has 174 valence electrons. The van der Waals surface area contributed by atoms with Crippen LogP contribution in [0.2, 0.25) is 0 Å². The number of ether oxygens (including phenoxy) is 1. The number of piperazine rings is 1. The first-order valence-corrected chi connectivity index (χ1v) is 10.7. The summed E-state index contributed by atoms with van der Waals surface area (Å²) in [6, 6.07) is 18.2. The molecule has 8 nitrogen and oxygen atoms in total. The van der Waals surface area contributed by atoms with Gasteiger partial charge in [0, 0.05) is 38.9 Å². The van der Waals surface area contributed by atoms with Gasteiger partial charge in [0.2, 0.25) is 5.91 Å². The summed E-state index contributed by atoms with van der Waals surface area (Å²) in [6.45, 7) is 2.61. The molecule has 0 atom stereocenters. The number of carbonyl (C=O) groups excluding carboxylic acids is 1. The van der Waals surface area contributed by atoms with Crippen molar-refractivity contribution in [1.29, 1.82) is 0 Å². The Balaban J connectivity index is 0.00000306. The van der Waals surface area contributed by atoms with Crippen LogP contribution in [0.4, 0.5) is 5.69 Å². The van der Waals surface area contributed by atoms with Gasteiger partial charge in [-0.1, -0.05) is 48.5 Å². The van der Waals surface area contributed by atoms with Crippen molar-refractivity contribution in [2.75, 3.05) is 44.7 Å². The molecular formula is C24H29IN6O2. The van der Waals surface area contributed by atoms with E-state index < -0.39 is 0 Å². The summed E-state index contributed by atoms with van der Waals surface area (Å²) < 4.78 is 7.75. The van der Waals surface area contributed by atoms with Crippen LogP contribution in [0.5, 0.6) is 5.75 Å². The average molecular weight is 560 g/mol. The zero-order valence-corrected chi connectivity index (χ0v) is 21.2. The summed E-state index contributed by atoms with van der Waals surface area (Å²) in [5, 5.41) is 7.47. The number of benzene rings is 2. The van der Waals surface area contributed by atoms with Gasteiger partial charge in [-0.2, -0.15) is 5.10 Å². The van der Waals surface area contributed by atoms with Gasteiger partial charge in [0.05, 0.1) is 18.4 Å². The molecule has 0 aliphatic carbocycles. The van der Waals surface area contributed by atoms with E-state index in [0.29, 0.717) is 32.2 Å². The molecule has 1 N–H and O–H groups in total. The number of hydrogen-bond acceptors (Lipinski definition) is 4. The van der Waals surface area contributed by atoms with Crippen molar-refractivity contribution in [2.24, 2.45) is 12.0 Å². The highest BCUT2D eigenvalue weighted by Gasteiger charge is 2.27. The molecule has 1 amide bonds. The third kappa shape index (κ3) is 6.04. The van der Waals surface area contributed by atoms with Gasteiger partial charge >= 0.3 is 0 Å². The average Bonchev–Trinajstić information content (AvgIpc) is 3.26. The number of rotatable bonds is 6. The Kier molecular flexibility index (Phi) is 8.70. The number of halogens is 1.